The van der Waals surface area contributed by atoms with Crippen molar-refractivity contribution in [2.75, 3.05) is 5.32 Å². The van der Waals surface area contributed by atoms with Crippen LogP contribution in [0.3, 0.4) is 0 Å². The van der Waals surface area contributed by atoms with Crippen LogP contribution < -0.4 is 5.32 Å². The molecule has 1 heterocycles. The molecule has 0 spiro atoms. The van der Waals surface area contributed by atoms with Crippen LogP contribution in [0, 0.1) is 0 Å². The molecule has 0 saturated heterocycles. The maximum Gasteiger partial charge on any atom is 0.223 e. The number of rotatable bonds is 3. The predicted octanol–water partition coefficient (Wildman–Crippen LogP) is 4.17. The second-order valence-corrected chi connectivity index (χ2v) is 5.48. The van der Waals surface area contributed by atoms with Gasteiger partial charge in [-0.15, -0.1) is 0 Å². The molecule has 0 aliphatic carbocycles. The Kier molecular flexibility index (Phi) is 4.12. The average Bonchev–Trinajstić information content (AvgIpc) is 2.32. The number of halogens is 2. The summed E-state index contributed by atoms with van der Waals surface area (Å²) in [5.74, 6) is 0.626. The van der Waals surface area contributed by atoms with Gasteiger partial charge in [0.25, 0.3) is 0 Å². The second kappa shape index (κ2) is 5.60. The van der Waals surface area contributed by atoms with Crippen molar-refractivity contribution in [3.05, 3.63) is 51.2 Å². The average molecular weight is 357 g/mol. The normalized spacial score (nSPS) is 12.2. The van der Waals surface area contributed by atoms with Crippen molar-refractivity contribution >= 4 is 37.8 Å². The third-order valence-corrected chi connectivity index (χ3v) is 3.22. The molecule has 0 bridgehead atoms. The molecule has 1 aromatic carbocycles. The van der Waals surface area contributed by atoms with Crippen molar-refractivity contribution in [1.29, 1.82) is 0 Å². The van der Waals surface area contributed by atoms with E-state index in [9.17, 15) is 0 Å². The molecular weight excluding hydrogens is 346 g/mol. The highest BCUT2D eigenvalue weighted by atomic mass is 79.9. The Hall–Kier alpha value is -0.940. The molecule has 17 heavy (non-hydrogen) atoms. The molecule has 1 unspecified atom stereocenters. The first-order valence-electron chi connectivity index (χ1n) is 5.14. The Morgan fingerprint density at radius 2 is 1.82 bits per heavy atom. The monoisotopic (exact) mass is 355 g/mol. The molecule has 0 fully saturated rings. The zero-order valence-corrected chi connectivity index (χ0v) is 12.4. The lowest BCUT2D eigenvalue weighted by molar-refractivity contribution is 0.859. The van der Waals surface area contributed by atoms with Gasteiger partial charge in [0.15, 0.2) is 0 Å². The molecule has 1 N–H and O–H groups in total. The van der Waals surface area contributed by atoms with Crippen molar-refractivity contribution in [2.24, 2.45) is 0 Å². The van der Waals surface area contributed by atoms with E-state index < -0.39 is 0 Å². The molecular formula is C12H11Br2N3. The summed E-state index contributed by atoms with van der Waals surface area (Å²) in [6, 6.07) is 8.33. The number of aromatic nitrogens is 2. The summed E-state index contributed by atoms with van der Waals surface area (Å²) in [5.41, 5.74) is 1.19. The van der Waals surface area contributed by atoms with Crippen molar-refractivity contribution in [3.8, 4) is 0 Å². The fraction of sp³-hybridized carbons (Fsp3) is 0.167. The third-order valence-electron chi connectivity index (χ3n) is 2.31. The standard InChI is InChI=1S/C12H11Br2N3/c1-8(9-3-2-4-10(13)5-9)17-12-15-6-11(14)7-16-12/h2-8H,1H3,(H,15,16,17). The summed E-state index contributed by atoms with van der Waals surface area (Å²) in [4.78, 5) is 8.37. The third kappa shape index (κ3) is 3.51. The molecule has 0 saturated carbocycles. The molecule has 1 atom stereocenters. The zero-order chi connectivity index (χ0) is 12.3. The van der Waals surface area contributed by atoms with Gasteiger partial charge in [-0.05, 0) is 40.5 Å². The van der Waals surface area contributed by atoms with Crippen molar-refractivity contribution < 1.29 is 0 Å². The van der Waals surface area contributed by atoms with Gasteiger partial charge in [-0.2, -0.15) is 0 Å². The van der Waals surface area contributed by atoms with Gasteiger partial charge >= 0.3 is 0 Å². The van der Waals surface area contributed by atoms with Crippen LogP contribution in [-0.4, -0.2) is 9.97 Å². The molecule has 2 rings (SSSR count). The van der Waals surface area contributed by atoms with Crippen LogP contribution in [0.5, 0.6) is 0 Å². The largest absolute Gasteiger partial charge is 0.348 e. The minimum atomic E-state index is 0.161. The van der Waals surface area contributed by atoms with E-state index in [1.807, 2.05) is 12.1 Å². The number of anilines is 1. The molecule has 2 aromatic rings. The molecule has 3 nitrogen and oxygen atoms in total. The lowest BCUT2D eigenvalue weighted by atomic mass is 10.1. The Morgan fingerprint density at radius 1 is 1.12 bits per heavy atom. The predicted molar refractivity (Wildman–Crippen MR) is 75.9 cm³/mol. The number of benzene rings is 1. The molecule has 88 valence electrons. The first-order chi connectivity index (χ1) is 8.15. The summed E-state index contributed by atoms with van der Waals surface area (Å²) in [6.07, 6.45) is 3.45. The fourth-order valence-electron chi connectivity index (χ4n) is 1.44. The van der Waals surface area contributed by atoms with E-state index in [1.165, 1.54) is 5.56 Å². The van der Waals surface area contributed by atoms with Crippen LogP contribution >= 0.6 is 31.9 Å². The zero-order valence-electron chi connectivity index (χ0n) is 9.19. The van der Waals surface area contributed by atoms with Crippen LogP contribution in [0.4, 0.5) is 5.95 Å². The SMILES string of the molecule is CC(Nc1ncc(Br)cn1)c1cccc(Br)c1. The molecule has 1 aromatic heterocycles. The summed E-state index contributed by atoms with van der Waals surface area (Å²) >= 11 is 6.77. The molecule has 0 amide bonds. The smallest absolute Gasteiger partial charge is 0.223 e. The van der Waals surface area contributed by atoms with Crippen molar-refractivity contribution in [2.45, 2.75) is 13.0 Å². The van der Waals surface area contributed by atoms with E-state index in [-0.39, 0.29) is 6.04 Å². The van der Waals surface area contributed by atoms with Gasteiger partial charge in [0.05, 0.1) is 10.5 Å². The van der Waals surface area contributed by atoms with Crippen LogP contribution in [0.15, 0.2) is 45.6 Å². The first-order valence-corrected chi connectivity index (χ1v) is 6.73. The van der Waals surface area contributed by atoms with Crippen molar-refractivity contribution in [1.82, 2.24) is 9.97 Å². The van der Waals surface area contributed by atoms with Crippen LogP contribution in [0.2, 0.25) is 0 Å². The first kappa shape index (κ1) is 12.5. The van der Waals surface area contributed by atoms with Gasteiger partial charge in [0.1, 0.15) is 0 Å². The maximum atomic E-state index is 4.19. The van der Waals surface area contributed by atoms with E-state index in [0.29, 0.717) is 5.95 Å². The van der Waals surface area contributed by atoms with E-state index in [2.05, 4.69) is 66.2 Å². The Morgan fingerprint density at radius 3 is 2.47 bits per heavy atom. The summed E-state index contributed by atoms with van der Waals surface area (Å²) in [5, 5.41) is 3.25. The van der Waals surface area contributed by atoms with Crippen molar-refractivity contribution in [3.63, 3.8) is 0 Å². The quantitative estimate of drug-likeness (QED) is 0.896. The van der Waals surface area contributed by atoms with Crippen LogP contribution in [-0.2, 0) is 0 Å². The Labute approximate surface area is 117 Å². The van der Waals surface area contributed by atoms with E-state index in [0.717, 1.165) is 8.95 Å². The minimum absolute atomic E-state index is 0.161. The van der Waals surface area contributed by atoms with Crippen LogP contribution in [0.25, 0.3) is 0 Å². The van der Waals surface area contributed by atoms with Gasteiger partial charge in [-0.25, -0.2) is 9.97 Å². The van der Waals surface area contributed by atoms with Gasteiger partial charge < -0.3 is 5.32 Å². The molecule has 0 radical (unpaired) electrons. The molecule has 5 heteroatoms. The minimum Gasteiger partial charge on any atom is -0.348 e. The fourth-order valence-corrected chi connectivity index (χ4v) is 2.06. The summed E-state index contributed by atoms with van der Waals surface area (Å²) < 4.78 is 1.94. The van der Waals surface area contributed by atoms with E-state index >= 15 is 0 Å². The number of hydrogen-bond donors (Lipinski definition) is 1. The lowest BCUT2D eigenvalue weighted by Gasteiger charge is -2.14. The maximum absolute atomic E-state index is 4.19. The van der Waals surface area contributed by atoms with Gasteiger partial charge in [0.2, 0.25) is 5.95 Å². The van der Waals surface area contributed by atoms with E-state index in [1.54, 1.807) is 12.4 Å². The molecule has 0 aliphatic rings. The number of hydrogen-bond acceptors (Lipinski definition) is 3. The second-order valence-electron chi connectivity index (χ2n) is 3.65. The van der Waals surface area contributed by atoms with E-state index in [4.69, 9.17) is 0 Å². The molecule has 0 aliphatic heterocycles. The van der Waals surface area contributed by atoms with Gasteiger partial charge in [-0.3, -0.25) is 0 Å². The summed E-state index contributed by atoms with van der Waals surface area (Å²) in [6.45, 7) is 2.08. The number of nitrogens with one attached hydrogen (secondary N) is 1. The highest BCUT2D eigenvalue weighted by Crippen LogP contribution is 2.20. The topological polar surface area (TPSA) is 37.8 Å². The van der Waals surface area contributed by atoms with Gasteiger partial charge in [0, 0.05) is 16.9 Å². The lowest BCUT2D eigenvalue weighted by Crippen LogP contribution is -2.09. The van der Waals surface area contributed by atoms with Crippen LogP contribution in [0.1, 0.15) is 18.5 Å². The Balaban J connectivity index is 2.11. The highest BCUT2D eigenvalue weighted by Gasteiger charge is 2.06. The number of nitrogens with zero attached hydrogens (tertiary/aromatic N) is 2. The van der Waals surface area contributed by atoms with Gasteiger partial charge in [-0.1, -0.05) is 28.1 Å². The Bertz CT molecular complexity index is 499. The summed E-state index contributed by atoms with van der Waals surface area (Å²) in [7, 11) is 0. The highest BCUT2D eigenvalue weighted by molar-refractivity contribution is 9.10.